The van der Waals surface area contributed by atoms with Gasteiger partial charge in [-0.15, -0.1) is 0 Å². The van der Waals surface area contributed by atoms with Crippen LogP contribution in [0.25, 0.3) is 0 Å². The Balaban J connectivity index is 5.69. The van der Waals surface area contributed by atoms with E-state index >= 15 is 0 Å². The zero-order chi connectivity index (χ0) is 37.6. The highest BCUT2D eigenvalue weighted by molar-refractivity contribution is 4.67. The molecule has 308 valence electrons. The van der Waals surface area contributed by atoms with Gasteiger partial charge in [-0.1, -0.05) is 0 Å². The average Bonchev–Trinajstić information content (AvgIpc) is 3.13. The van der Waals surface area contributed by atoms with Crippen molar-refractivity contribution in [1.29, 1.82) is 0 Å². The van der Waals surface area contributed by atoms with Gasteiger partial charge in [0, 0.05) is 52.9 Å². The third-order valence-corrected chi connectivity index (χ3v) is 6.45. The SMILES string of the molecule is OCCCOCC(COCC(COCC(COCCCO)OCCCO)OC(COCC(COO)OO)COCC(COO)OO)OCCCO. The molecule has 0 aromatic carbocycles. The van der Waals surface area contributed by atoms with E-state index in [1.54, 1.807) is 0 Å². The number of aliphatic hydroxyl groups is 4. The van der Waals surface area contributed by atoms with Gasteiger partial charge in [0.1, 0.15) is 49.8 Å². The van der Waals surface area contributed by atoms with Gasteiger partial charge in [-0.3, -0.25) is 21.0 Å². The van der Waals surface area contributed by atoms with Crippen molar-refractivity contribution in [2.24, 2.45) is 0 Å². The molecule has 8 N–H and O–H groups in total. The smallest absolute Gasteiger partial charge is 0.142 e. The molecule has 0 saturated carbocycles. The van der Waals surface area contributed by atoms with Crippen LogP contribution < -0.4 is 0 Å². The van der Waals surface area contributed by atoms with E-state index in [1.807, 2.05) is 0 Å². The standard InChI is InChI=1S/C30H62O21/c31-5-1-9-39-13-25(45-11-3-7-33)15-41-17-27(18-42-16-26(46-12-4-8-34)14-40-10-2-6-32)49-28(19-43-21-29(50-37)23-47-35)20-44-22-30(51-38)24-48-36/h25-38H,1-24H2. The van der Waals surface area contributed by atoms with Gasteiger partial charge in [0.15, 0.2) is 0 Å². The molecule has 0 fully saturated rings. The van der Waals surface area contributed by atoms with Crippen LogP contribution in [0.5, 0.6) is 0 Å². The van der Waals surface area contributed by atoms with Gasteiger partial charge in [-0.25, -0.2) is 19.6 Å². The molecule has 0 aliphatic heterocycles. The molecular formula is C30H62O21. The van der Waals surface area contributed by atoms with E-state index in [0.717, 1.165) is 0 Å². The first kappa shape index (κ1) is 50.2. The average molecular weight is 759 g/mol. The molecule has 21 heteroatoms. The number of rotatable bonds is 42. The van der Waals surface area contributed by atoms with Crippen molar-refractivity contribution in [2.45, 2.75) is 62.3 Å². The highest BCUT2D eigenvalue weighted by atomic mass is 17.1. The predicted octanol–water partition coefficient (Wildman–Crippen LogP) is -1.16. The minimum Gasteiger partial charge on any atom is -0.396 e. The van der Waals surface area contributed by atoms with E-state index < -0.39 is 36.6 Å². The summed E-state index contributed by atoms with van der Waals surface area (Å²) in [6.07, 6.45) is -2.84. The molecule has 0 radical (unpaired) electrons. The van der Waals surface area contributed by atoms with E-state index in [1.165, 1.54) is 0 Å². The molecule has 0 aliphatic rings. The molecule has 0 aromatic rings. The Bertz CT molecular complexity index is 634. The fourth-order valence-electron chi connectivity index (χ4n) is 3.91. The predicted molar refractivity (Wildman–Crippen MR) is 172 cm³/mol. The van der Waals surface area contributed by atoms with Gasteiger partial charge < -0.3 is 63.1 Å². The second-order valence-corrected chi connectivity index (χ2v) is 11.0. The zero-order valence-electron chi connectivity index (χ0n) is 29.3. The van der Waals surface area contributed by atoms with Crippen molar-refractivity contribution >= 4 is 0 Å². The summed E-state index contributed by atoms with van der Waals surface area (Å²) in [6, 6.07) is 0. The summed E-state index contributed by atoms with van der Waals surface area (Å²) in [5, 5.41) is 71.7. The second-order valence-electron chi connectivity index (χ2n) is 11.0. The van der Waals surface area contributed by atoms with Crippen molar-refractivity contribution < 1.29 is 104 Å². The number of hydrogen-bond acceptors (Lipinski definition) is 21. The summed E-state index contributed by atoms with van der Waals surface area (Å²) >= 11 is 0. The van der Waals surface area contributed by atoms with Crippen LogP contribution in [0.1, 0.15) is 25.7 Å². The summed E-state index contributed by atoms with van der Waals surface area (Å²) in [4.78, 5) is 16.4. The Labute approximate surface area is 298 Å². The monoisotopic (exact) mass is 758 g/mol. The molecule has 21 nitrogen and oxygen atoms in total. The lowest BCUT2D eigenvalue weighted by atomic mass is 10.3. The Morgan fingerprint density at radius 3 is 0.922 bits per heavy atom. The van der Waals surface area contributed by atoms with Crippen LogP contribution in [0.3, 0.4) is 0 Å². The highest BCUT2D eigenvalue weighted by Gasteiger charge is 2.23. The molecule has 0 aliphatic carbocycles. The molecule has 0 heterocycles. The zero-order valence-corrected chi connectivity index (χ0v) is 29.3. The van der Waals surface area contributed by atoms with E-state index in [9.17, 15) is 0 Å². The molecule has 0 rings (SSSR count). The molecule has 0 amide bonds. The van der Waals surface area contributed by atoms with Crippen LogP contribution in [0.15, 0.2) is 0 Å². The fourth-order valence-corrected chi connectivity index (χ4v) is 3.91. The first-order valence-corrected chi connectivity index (χ1v) is 16.9. The van der Waals surface area contributed by atoms with Crippen molar-refractivity contribution in [3.63, 3.8) is 0 Å². The Morgan fingerprint density at radius 1 is 0.314 bits per heavy atom. The van der Waals surface area contributed by atoms with E-state index in [4.69, 9.17) is 84.1 Å². The van der Waals surface area contributed by atoms with Crippen molar-refractivity contribution in [3.05, 3.63) is 0 Å². The van der Waals surface area contributed by atoms with Crippen LogP contribution in [-0.4, -0.2) is 210 Å². The van der Waals surface area contributed by atoms with Gasteiger partial charge in [0.25, 0.3) is 0 Å². The molecule has 4 atom stereocenters. The van der Waals surface area contributed by atoms with Gasteiger partial charge in [-0.2, -0.15) is 0 Å². The summed E-state index contributed by atoms with van der Waals surface area (Å²) < 4.78 is 52.1. The van der Waals surface area contributed by atoms with E-state index in [-0.39, 0.29) is 119 Å². The lowest BCUT2D eigenvalue weighted by Gasteiger charge is -2.27. The summed E-state index contributed by atoms with van der Waals surface area (Å²) in [7, 11) is 0. The normalized spacial score (nSPS) is 15.5. The molecule has 0 aromatic heterocycles. The highest BCUT2D eigenvalue weighted by Crippen LogP contribution is 2.09. The number of hydrogen-bond donors (Lipinski definition) is 8. The molecule has 0 saturated heterocycles. The Hall–Kier alpha value is -0.840. The van der Waals surface area contributed by atoms with Crippen LogP contribution in [0.4, 0.5) is 0 Å². The maximum Gasteiger partial charge on any atom is 0.142 e. The van der Waals surface area contributed by atoms with Gasteiger partial charge >= 0.3 is 0 Å². The van der Waals surface area contributed by atoms with Gasteiger partial charge in [0.05, 0.1) is 66.1 Å². The number of aliphatic hydroxyl groups excluding tert-OH is 4. The van der Waals surface area contributed by atoms with Crippen LogP contribution in [0, 0.1) is 0 Å². The van der Waals surface area contributed by atoms with E-state index in [0.29, 0.717) is 38.9 Å². The molecule has 0 bridgehead atoms. The summed E-state index contributed by atoms with van der Waals surface area (Å²) in [6.45, 7) is 0.114. The maximum absolute atomic E-state index is 9.14. The fraction of sp³-hybridized carbons (Fsp3) is 1.00. The quantitative estimate of drug-likeness (QED) is 0.0207. The maximum atomic E-state index is 9.14. The molecule has 0 spiro atoms. The minimum absolute atomic E-state index is 0.0164. The Kier molecular flexibility index (Phi) is 38.2. The molecular weight excluding hydrogens is 696 g/mol. The Morgan fingerprint density at radius 2 is 0.608 bits per heavy atom. The minimum atomic E-state index is -1.02. The van der Waals surface area contributed by atoms with Gasteiger partial charge in [-0.05, 0) is 25.7 Å². The van der Waals surface area contributed by atoms with Crippen LogP contribution in [-0.2, 0) is 62.2 Å². The second kappa shape index (κ2) is 38.9. The molecule has 4 unspecified atom stereocenters. The van der Waals surface area contributed by atoms with Crippen LogP contribution >= 0.6 is 0 Å². The largest absolute Gasteiger partial charge is 0.396 e. The topological polar surface area (TPSA) is 282 Å². The van der Waals surface area contributed by atoms with Gasteiger partial charge in [0.2, 0.25) is 0 Å². The first-order valence-electron chi connectivity index (χ1n) is 16.9. The van der Waals surface area contributed by atoms with Crippen molar-refractivity contribution in [2.75, 3.05) is 132 Å². The van der Waals surface area contributed by atoms with E-state index in [2.05, 4.69) is 19.6 Å². The lowest BCUT2D eigenvalue weighted by molar-refractivity contribution is -0.334. The number of ether oxygens (including phenoxy) is 9. The van der Waals surface area contributed by atoms with Crippen molar-refractivity contribution in [1.82, 2.24) is 0 Å². The lowest BCUT2D eigenvalue weighted by Crippen LogP contribution is -2.39. The van der Waals surface area contributed by atoms with Crippen molar-refractivity contribution in [3.8, 4) is 0 Å². The van der Waals surface area contributed by atoms with Crippen LogP contribution in [0.2, 0.25) is 0 Å². The third-order valence-electron chi connectivity index (χ3n) is 6.45. The summed E-state index contributed by atoms with van der Waals surface area (Å²) in [5.41, 5.74) is 0. The third kappa shape index (κ3) is 31.2. The molecule has 51 heavy (non-hydrogen) atoms. The first-order chi connectivity index (χ1) is 25.0. The summed E-state index contributed by atoms with van der Waals surface area (Å²) in [5.74, 6) is 0.